The lowest BCUT2D eigenvalue weighted by Gasteiger charge is -2.23. The first-order valence-electron chi connectivity index (χ1n) is 7.51. The second-order valence-electron chi connectivity index (χ2n) is 6.20. The van der Waals surface area contributed by atoms with Gasteiger partial charge in [-0.25, -0.2) is 0 Å². The molecule has 2 heterocycles. The van der Waals surface area contributed by atoms with E-state index in [1.54, 1.807) is 0 Å². The van der Waals surface area contributed by atoms with Crippen molar-refractivity contribution >= 4 is 21.7 Å². The van der Waals surface area contributed by atoms with Gasteiger partial charge in [0, 0.05) is 19.4 Å². The van der Waals surface area contributed by atoms with Gasteiger partial charge in [-0.1, -0.05) is 6.92 Å². The highest BCUT2D eigenvalue weighted by Crippen LogP contribution is 2.59. The largest absolute Gasteiger partial charge is 0.317 e. The molecule has 1 N–H and O–H groups in total. The Morgan fingerprint density at radius 2 is 2.20 bits per heavy atom. The number of halogens is 1. The summed E-state index contributed by atoms with van der Waals surface area (Å²) >= 11 is 3.60. The van der Waals surface area contributed by atoms with Gasteiger partial charge in [0.1, 0.15) is 5.78 Å². The van der Waals surface area contributed by atoms with Gasteiger partial charge in [-0.3, -0.25) is 9.48 Å². The summed E-state index contributed by atoms with van der Waals surface area (Å²) < 4.78 is 2.88. The Hall–Kier alpha value is -0.680. The van der Waals surface area contributed by atoms with Gasteiger partial charge >= 0.3 is 0 Å². The van der Waals surface area contributed by atoms with Crippen LogP contribution < -0.4 is 5.32 Å². The molecule has 3 rings (SSSR count). The lowest BCUT2D eigenvalue weighted by atomic mass is 9.90. The van der Waals surface area contributed by atoms with E-state index in [9.17, 15) is 4.79 Å². The highest BCUT2D eigenvalue weighted by molar-refractivity contribution is 9.10. The number of nitrogens with zero attached hydrogens (tertiary/aromatic N) is 2. The summed E-state index contributed by atoms with van der Waals surface area (Å²) in [5.41, 5.74) is 2.41. The molecule has 5 heteroatoms. The standard InChI is InChI=1S/C15H22BrN3O/c1-3-11-14(16)12(19(2)18-11)8-13(20)10-9-15(10)4-6-17-7-5-15/h10,17H,3-9H2,1-2H3. The van der Waals surface area contributed by atoms with Crippen LogP contribution in [0, 0.1) is 11.3 Å². The van der Waals surface area contributed by atoms with E-state index in [1.165, 1.54) is 0 Å². The number of nitrogens with one attached hydrogen (secondary N) is 1. The molecular formula is C15H22BrN3O. The SMILES string of the molecule is CCc1nn(C)c(CC(=O)C2CC23CCNCC3)c1Br. The highest BCUT2D eigenvalue weighted by atomic mass is 79.9. The molecule has 1 spiro atoms. The van der Waals surface area contributed by atoms with Crippen LogP contribution in [0.2, 0.25) is 0 Å². The maximum absolute atomic E-state index is 12.6. The molecule has 1 unspecified atom stereocenters. The summed E-state index contributed by atoms with van der Waals surface area (Å²) in [6, 6.07) is 0. The monoisotopic (exact) mass is 339 g/mol. The van der Waals surface area contributed by atoms with E-state index < -0.39 is 0 Å². The van der Waals surface area contributed by atoms with E-state index in [0.29, 0.717) is 17.6 Å². The van der Waals surface area contributed by atoms with Crippen LogP contribution in [0.25, 0.3) is 0 Å². The fourth-order valence-corrected chi connectivity index (χ4v) is 4.34. The molecule has 20 heavy (non-hydrogen) atoms. The quantitative estimate of drug-likeness (QED) is 0.915. The summed E-state index contributed by atoms with van der Waals surface area (Å²) in [7, 11) is 1.93. The summed E-state index contributed by atoms with van der Waals surface area (Å²) in [5, 5.41) is 7.86. The molecule has 1 saturated carbocycles. The van der Waals surface area contributed by atoms with Gasteiger partial charge in [-0.05, 0) is 60.1 Å². The first kappa shape index (κ1) is 14.3. The zero-order valence-electron chi connectivity index (χ0n) is 12.2. The van der Waals surface area contributed by atoms with Gasteiger partial charge in [0.15, 0.2) is 0 Å². The van der Waals surface area contributed by atoms with E-state index in [0.717, 1.165) is 54.6 Å². The minimum Gasteiger partial charge on any atom is -0.317 e. The second kappa shape index (κ2) is 5.26. The molecule has 1 aliphatic heterocycles. The zero-order chi connectivity index (χ0) is 14.3. The number of Topliss-reactive ketones (excluding diaryl/α,β-unsaturated/α-hetero) is 1. The average Bonchev–Trinajstić information content (AvgIpc) is 3.07. The third-order valence-electron chi connectivity index (χ3n) is 5.02. The number of carbonyl (C=O) groups is 1. The minimum absolute atomic E-state index is 0.288. The zero-order valence-corrected chi connectivity index (χ0v) is 13.8. The molecule has 4 nitrogen and oxygen atoms in total. The van der Waals surface area contributed by atoms with Crippen molar-refractivity contribution in [2.75, 3.05) is 13.1 Å². The lowest BCUT2D eigenvalue weighted by molar-refractivity contribution is -0.120. The van der Waals surface area contributed by atoms with Crippen LogP contribution in [-0.4, -0.2) is 28.7 Å². The normalized spacial score (nSPS) is 24.1. The first-order valence-corrected chi connectivity index (χ1v) is 8.30. The molecule has 2 fully saturated rings. The summed E-state index contributed by atoms with van der Waals surface area (Å²) in [6.45, 7) is 4.22. The summed E-state index contributed by atoms with van der Waals surface area (Å²) in [5.74, 6) is 0.690. The van der Waals surface area contributed by atoms with Gasteiger partial charge in [0.2, 0.25) is 0 Å². The highest BCUT2D eigenvalue weighted by Gasteiger charge is 2.57. The van der Waals surface area contributed by atoms with Crippen LogP contribution in [0.15, 0.2) is 4.47 Å². The Bertz CT molecular complexity index is 531. The number of ketones is 1. The van der Waals surface area contributed by atoms with Gasteiger partial charge in [-0.15, -0.1) is 0 Å². The van der Waals surface area contributed by atoms with Crippen LogP contribution in [0.5, 0.6) is 0 Å². The van der Waals surface area contributed by atoms with Crippen molar-refractivity contribution in [2.45, 2.75) is 39.0 Å². The molecule has 0 radical (unpaired) electrons. The fourth-order valence-electron chi connectivity index (χ4n) is 3.58. The van der Waals surface area contributed by atoms with Crippen LogP contribution in [0.4, 0.5) is 0 Å². The van der Waals surface area contributed by atoms with Gasteiger partial charge in [0.25, 0.3) is 0 Å². The average molecular weight is 340 g/mol. The Labute approximate surface area is 128 Å². The molecule has 2 aliphatic rings. The molecule has 1 aromatic rings. The smallest absolute Gasteiger partial charge is 0.142 e. The van der Waals surface area contributed by atoms with Gasteiger partial charge in [-0.2, -0.15) is 5.10 Å². The second-order valence-corrected chi connectivity index (χ2v) is 6.99. The minimum atomic E-state index is 0.288. The van der Waals surface area contributed by atoms with E-state index in [1.807, 2.05) is 11.7 Å². The van der Waals surface area contributed by atoms with Gasteiger partial charge < -0.3 is 5.32 Å². The van der Waals surface area contributed by atoms with E-state index >= 15 is 0 Å². The van der Waals surface area contributed by atoms with Crippen molar-refractivity contribution < 1.29 is 4.79 Å². The Morgan fingerprint density at radius 3 is 2.80 bits per heavy atom. The van der Waals surface area contributed by atoms with Crippen molar-refractivity contribution in [3.05, 3.63) is 15.9 Å². The van der Waals surface area contributed by atoms with E-state index in [4.69, 9.17) is 0 Å². The molecule has 0 amide bonds. The molecule has 1 atom stereocenters. The Morgan fingerprint density at radius 1 is 1.50 bits per heavy atom. The van der Waals surface area contributed by atoms with Crippen molar-refractivity contribution in [1.29, 1.82) is 0 Å². The van der Waals surface area contributed by atoms with Gasteiger partial charge in [0.05, 0.1) is 15.9 Å². The van der Waals surface area contributed by atoms with Crippen molar-refractivity contribution in [1.82, 2.24) is 15.1 Å². The van der Waals surface area contributed by atoms with Crippen LogP contribution >= 0.6 is 15.9 Å². The molecule has 1 aliphatic carbocycles. The number of rotatable bonds is 4. The number of hydrogen-bond acceptors (Lipinski definition) is 3. The third-order valence-corrected chi connectivity index (χ3v) is 5.94. The maximum atomic E-state index is 12.6. The summed E-state index contributed by atoms with van der Waals surface area (Å²) in [4.78, 5) is 12.6. The molecule has 0 bridgehead atoms. The third kappa shape index (κ3) is 2.35. The first-order chi connectivity index (χ1) is 9.57. The maximum Gasteiger partial charge on any atom is 0.142 e. The van der Waals surface area contributed by atoms with Crippen molar-refractivity contribution in [3.8, 4) is 0 Å². The predicted molar refractivity (Wildman–Crippen MR) is 81.6 cm³/mol. The van der Waals surface area contributed by atoms with Crippen LogP contribution in [-0.2, 0) is 24.7 Å². The Balaban J connectivity index is 1.70. The molecule has 1 aromatic heterocycles. The van der Waals surface area contributed by atoms with Crippen LogP contribution in [0.1, 0.15) is 37.6 Å². The van der Waals surface area contributed by atoms with E-state index in [2.05, 4.69) is 33.3 Å². The predicted octanol–water partition coefficient (Wildman–Crippen LogP) is 2.25. The topological polar surface area (TPSA) is 46.9 Å². The number of hydrogen-bond donors (Lipinski definition) is 1. The molecular weight excluding hydrogens is 318 g/mol. The molecule has 0 aromatic carbocycles. The number of aryl methyl sites for hydroxylation is 2. The molecule has 1 saturated heterocycles. The van der Waals surface area contributed by atoms with Crippen LogP contribution in [0.3, 0.4) is 0 Å². The number of piperidine rings is 1. The fraction of sp³-hybridized carbons (Fsp3) is 0.733. The van der Waals surface area contributed by atoms with Crippen molar-refractivity contribution in [3.63, 3.8) is 0 Å². The number of aromatic nitrogens is 2. The van der Waals surface area contributed by atoms with E-state index in [-0.39, 0.29) is 5.92 Å². The van der Waals surface area contributed by atoms with Crippen molar-refractivity contribution in [2.24, 2.45) is 18.4 Å². The summed E-state index contributed by atoms with van der Waals surface area (Å²) in [6.07, 6.45) is 4.83. The number of carbonyl (C=O) groups excluding carboxylic acids is 1. The Kier molecular flexibility index (Phi) is 3.75. The molecule has 110 valence electrons. The lowest BCUT2D eigenvalue weighted by Crippen LogP contribution is -2.31.